The topological polar surface area (TPSA) is 80.4 Å². The number of methoxy groups -OCH3 is 1. The Bertz CT molecular complexity index is 569. The van der Waals surface area contributed by atoms with Crippen LogP contribution in [0.1, 0.15) is 51.5 Å². The van der Waals surface area contributed by atoms with Crippen molar-refractivity contribution in [3.63, 3.8) is 0 Å². The van der Waals surface area contributed by atoms with Crippen LogP contribution in [0.25, 0.3) is 0 Å². The van der Waals surface area contributed by atoms with Gasteiger partial charge in [-0.25, -0.2) is 0 Å². The van der Waals surface area contributed by atoms with E-state index in [1.54, 1.807) is 7.11 Å². The molecular weight excluding hydrogens is 322 g/mol. The molecule has 0 saturated heterocycles. The quantitative estimate of drug-likeness (QED) is 0.463. The fourth-order valence-electron chi connectivity index (χ4n) is 3.14. The summed E-state index contributed by atoms with van der Waals surface area (Å²) < 4.78 is 5.19. The molecule has 2 rings (SSSR count). The largest absolute Gasteiger partial charge is 0.569 e. The number of aliphatic hydroxyl groups is 1. The van der Waals surface area contributed by atoms with Crippen LogP contribution >= 0.6 is 0 Å². The summed E-state index contributed by atoms with van der Waals surface area (Å²) in [5.41, 5.74) is 0.807. The maximum absolute atomic E-state index is 12.2. The molecule has 25 heavy (non-hydrogen) atoms. The standard InChI is InChI=1S/C18H29N3O4/c1-18(2,3)20(11-12-22)21(23)19-25-17-10-7-15(13-17)14-5-8-16(24-4)9-6-14/h5-6,8-9,15,17,22H,7,10-13H2,1-4H3/b21-19+/t15-,17-/m1/s1. The highest BCUT2D eigenvalue weighted by molar-refractivity contribution is 5.29. The van der Waals surface area contributed by atoms with Gasteiger partial charge >= 0.3 is 0 Å². The summed E-state index contributed by atoms with van der Waals surface area (Å²) in [6.45, 7) is 5.75. The molecule has 1 N–H and O–H groups in total. The molecule has 2 atom stereocenters. The molecule has 1 aromatic carbocycles. The maximum Gasteiger partial charge on any atom is 0.233 e. The zero-order valence-corrected chi connectivity index (χ0v) is 15.5. The van der Waals surface area contributed by atoms with Crippen molar-refractivity contribution in [3.05, 3.63) is 35.0 Å². The molecule has 0 bridgehead atoms. The smallest absolute Gasteiger partial charge is 0.233 e. The summed E-state index contributed by atoms with van der Waals surface area (Å²) in [7, 11) is 1.66. The first kappa shape index (κ1) is 19.3. The highest BCUT2D eigenvalue weighted by Gasteiger charge is 2.31. The average molecular weight is 351 g/mol. The minimum atomic E-state index is -0.446. The predicted molar refractivity (Wildman–Crippen MR) is 94.1 cm³/mol. The molecule has 1 saturated carbocycles. The summed E-state index contributed by atoms with van der Waals surface area (Å²) >= 11 is 0. The van der Waals surface area contributed by atoms with Gasteiger partial charge in [-0.2, -0.15) is 0 Å². The molecule has 0 aromatic heterocycles. The number of benzene rings is 1. The molecule has 0 heterocycles. The molecule has 1 aromatic rings. The molecule has 0 unspecified atom stereocenters. The van der Waals surface area contributed by atoms with E-state index in [0.717, 1.165) is 25.0 Å². The van der Waals surface area contributed by atoms with E-state index in [-0.39, 0.29) is 19.3 Å². The van der Waals surface area contributed by atoms with Gasteiger partial charge in [0.25, 0.3) is 0 Å². The third kappa shape index (κ3) is 5.22. The minimum Gasteiger partial charge on any atom is -0.569 e. The zero-order valence-electron chi connectivity index (χ0n) is 15.5. The van der Waals surface area contributed by atoms with Gasteiger partial charge in [-0.15, -0.1) is 5.01 Å². The van der Waals surface area contributed by atoms with Crippen LogP contribution in [0.2, 0.25) is 0 Å². The van der Waals surface area contributed by atoms with Crippen molar-refractivity contribution < 1.29 is 19.7 Å². The Morgan fingerprint density at radius 2 is 1.96 bits per heavy atom. The first-order valence-corrected chi connectivity index (χ1v) is 8.71. The zero-order chi connectivity index (χ0) is 18.4. The first-order chi connectivity index (χ1) is 11.8. The molecule has 7 nitrogen and oxygen atoms in total. The predicted octanol–water partition coefficient (Wildman–Crippen LogP) is 3.23. The third-order valence-electron chi connectivity index (χ3n) is 4.53. The molecule has 0 radical (unpaired) electrons. The number of hydrogen-bond acceptors (Lipinski definition) is 5. The summed E-state index contributed by atoms with van der Waals surface area (Å²) in [5.74, 6) is 1.25. The second-order valence-electron chi connectivity index (χ2n) is 7.36. The van der Waals surface area contributed by atoms with Gasteiger partial charge < -0.3 is 19.9 Å². The third-order valence-corrected chi connectivity index (χ3v) is 4.53. The van der Waals surface area contributed by atoms with Crippen LogP contribution < -0.4 is 4.74 Å². The lowest BCUT2D eigenvalue weighted by molar-refractivity contribution is -0.726. The van der Waals surface area contributed by atoms with E-state index < -0.39 is 5.54 Å². The van der Waals surface area contributed by atoms with Crippen molar-refractivity contribution in [3.8, 4) is 5.75 Å². The lowest BCUT2D eigenvalue weighted by atomic mass is 9.98. The molecule has 7 heteroatoms. The van der Waals surface area contributed by atoms with E-state index in [4.69, 9.17) is 14.7 Å². The molecule has 0 aliphatic heterocycles. The molecule has 0 amide bonds. The first-order valence-electron chi connectivity index (χ1n) is 8.71. The van der Waals surface area contributed by atoms with E-state index in [1.165, 1.54) is 10.6 Å². The van der Waals surface area contributed by atoms with Gasteiger partial charge in [-0.05, 0) is 63.6 Å². The van der Waals surface area contributed by atoms with Gasteiger partial charge in [0.2, 0.25) is 5.28 Å². The Kier molecular flexibility index (Phi) is 6.47. The van der Waals surface area contributed by atoms with Crippen molar-refractivity contribution in [2.45, 2.75) is 57.6 Å². The lowest BCUT2D eigenvalue weighted by Gasteiger charge is -2.29. The molecule has 0 spiro atoms. The Labute approximate surface area is 149 Å². The molecular formula is C18H29N3O4. The minimum absolute atomic E-state index is 0.0699. The van der Waals surface area contributed by atoms with Crippen LogP contribution in [0.15, 0.2) is 29.5 Å². The van der Waals surface area contributed by atoms with Crippen LogP contribution in [0.3, 0.4) is 0 Å². The summed E-state index contributed by atoms with van der Waals surface area (Å²) in [6, 6.07) is 8.07. The molecule has 1 aliphatic carbocycles. The van der Waals surface area contributed by atoms with Crippen molar-refractivity contribution >= 4 is 0 Å². The summed E-state index contributed by atoms with van der Waals surface area (Å²) in [6.07, 6.45) is 2.63. The number of hydrazine groups is 1. The SMILES string of the molecule is COc1ccc([C@@H]2CC[C@@H](O/N=[N+](/[O-])N(CCO)C(C)(C)C)C2)cc1. The number of aliphatic hydroxyl groups excluding tert-OH is 1. The Morgan fingerprint density at radius 1 is 1.28 bits per heavy atom. The van der Waals surface area contributed by atoms with Gasteiger partial charge in [0.1, 0.15) is 18.4 Å². The van der Waals surface area contributed by atoms with E-state index in [9.17, 15) is 5.21 Å². The van der Waals surface area contributed by atoms with Crippen LogP contribution in [0, 0.1) is 5.21 Å². The maximum atomic E-state index is 12.2. The number of rotatable bonds is 7. The monoisotopic (exact) mass is 351 g/mol. The van der Waals surface area contributed by atoms with Crippen LogP contribution in [0.4, 0.5) is 0 Å². The van der Waals surface area contributed by atoms with Gasteiger partial charge in [0, 0.05) is 0 Å². The number of β-amino-alcohol motifs (C(OH)–C–C–N with tert-alkyl or cyclic N) is 1. The number of nitrogens with zero attached hydrogens (tertiary/aromatic N) is 3. The Morgan fingerprint density at radius 3 is 2.52 bits per heavy atom. The van der Waals surface area contributed by atoms with Crippen molar-refractivity contribution in [2.75, 3.05) is 20.3 Å². The normalized spacial score (nSPS) is 21.2. The van der Waals surface area contributed by atoms with E-state index in [2.05, 4.69) is 17.4 Å². The second-order valence-corrected chi connectivity index (χ2v) is 7.36. The lowest BCUT2D eigenvalue weighted by Crippen LogP contribution is -2.47. The van der Waals surface area contributed by atoms with Gasteiger partial charge in [-0.1, -0.05) is 12.1 Å². The summed E-state index contributed by atoms with van der Waals surface area (Å²) in [4.78, 5) is 5.93. The Balaban J connectivity index is 1.93. The Hall–Kier alpha value is -2.02. The molecule has 140 valence electrons. The van der Waals surface area contributed by atoms with Crippen molar-refractivity contribution in [1.29, 1.82) is 0 Å². The van der Waals surface area contributed by atoms with Gasteiger partial charge in [-0.3, -0.25) is 0 Å². The number of hydrogen-bond donors (Lipinski definition) is 1. The van der Waals surface area contributed by atoms with Gasteiger partial charge in [0.15, 0.2) is 0 Å². The average Bonchev–Trinajstić information content (AvgIpc) is 3.05. The molecule has 1 aliphatic rings. The molecule has 1 fully saturated rings. The van der Waals surface area contributed by atoms with E-state index in [0.29, 0.717) is 10.9 Å². The van der Waals surface area contributed by atoms with Crippen LogP contribution in [0.5, 0.6) is 5.75 Å². The highest BCUT2D eigenvalue weighted by atomic mass is 16.7. The second kappa shape index (κ2) is 8.38. The fourth-order valence-corrected chi connectivity index (χ4v) is 3.14. The summed E-state index contributed by atoms with van der Waals surface area (Å²) in [5, 5.41) is 26.5. The van der Waals surface area contributed by atoms with Crippen molar-refractivity contribution in [1.82, 2.24) is 5.01 Å². The number of ether oxygens (including phenoxy) is 1. The van der Waals surface area contributed by atoms with E-state index in [1.807, 2.05) is 32.9 Å². The fraction of sp³-hybridized carbons (Fsp3) is 0.667. The van der Waals surface area contributed by atoms with Crippen molar-refractivity contribution in [2.24, 2.45) is 5.28 Å². The van der Waals surface area contributed by atoms with Crippen LogP contribution in [-0.2, 0) is 4.84 Å². The van der Waals surface area contributed by atoms with Gasteiger partial charge in [0.05, 0.1) is 24.2 Å². The van der Waals surface area contributed by atoms with Crippen LogP contribution in [-0.4, -0.2) is 47.0 Å². The van der Waals surface area contributed by atoms with E-state index >= 15 is 0 Å². The highest BCUT2D eigenvalue weighted by Crippen LogP contribution is 2.36.